The third-order valence-electron chi connectivity index (χ3n) is 2.85. The van der Waals surface area contributed by atoms with Crippen molar-refractivity contribution >= 4 is 11.3 Å². The highest BCUT2D eigenvalue weighted by Crippen LogP contribution is 2.14. The van der Waals surface area contributed by atoms with Crippen LogP contribution in [0.15, 0.2) is 41.8 Å². The number of hydrogen-bond donors (Lipinski definition) is 1. The number of benzene rings is 1. The Balaban J connectivity index is 0.00000162. The Bertz CT molecular complexity index is 434. The van der Waals surface area contributed by atoms with Crippen LogP contribution in [0.5, 0.6) is 0 Å². The van der Waals surface area contributed by atoms with Crippen molar-refractivity contribution in [3.63, 3.8) is 0 Å². The molecule has 3 heteroatoms. The van der Waals surface area contributed by atoms with E-state index >= 15 is 0 Å². The predicted octanol–water partition coefficient (Wildman–Crippen LogP) is 1.17. The van der Waals surface area contributed by atoms with Crippen LogP contribution in [0.4, 0.5) is 0 Å². The number of thiophene rings is 1. The summed E-state index contributed by atoms with van der Waals surface area (Å²) in [5.41, 5.74) is 2.76. The monoisotopic (exact) mass is 280 g/mol. The fourth-order valence-corrected chi connectivity index (χ4v) is 2.44. The van der Waals surface area contributed by atoms with Crippen LogP contribution in [0, 0.1) is 0 Å². The molecule has 0 aliphatic rings. The van der Waals surface area contributed by atoms with Crippen molar-refractivity contribution in [1.82, 2.24) is 5.32 Å². The van der Waals surface area contributed by atoms with E-state index in [1.165, 1.54) is 16.0 Å². The summed E-state index contributed by atoms with van der Waals surface area (Å²) in [7, 11) is 0. The summed E-state index contributed by atoms with van der Waals surface area (Å²) in [4.78, 5) is 1.39. The van der Waals surface area contributed by atoms with E-state index < -0.39 is 0 Å². The lowest BCUT2D eigenvalue weighted by molar-refractivity contribution is -0.00000355. The van der Waals surface area contributed by atoms with Crippen LogP contribution in [-0.4, -0.2) is 0 Å². The first-order chi connectivity index (χ1) is 8.25. The Morgan fingerprint density at radius 1 is 1.06 bits per heavy atom. The quantitative estimate of drug-likeness (QED) is 0.867. The molecule has 0 bridgehead atoms. The van der Waals surface area contributed by atoms with Crippen LogP contribution in [0.25, 0.3) is 0 Å². The molecule has 0 saturated carbocycles. The van der Waals surface area contributed by atoms with Crippen molar-refractivity contribution < 1.29 is 12.4 Å². The summed E-state index contributed by atoms with van der Waals surface area (Å²) >= 11 is 1.80. The molecule has 0 amide bonds. The molecule has 0 saturated heterocycles. The first kappa shape index (κ1) is 15.2. The van der Waals surface area contributed by atoms with E-state index in [2.05, 4.69) is 60.9 Å². The second-order valence-corrected chi connectivity index (χ2v) is 5.61. The maximum Gasteiger partial charge on any atom is 0.0302 e. The van der Waals surface area contributed by atoms with Gasteiger partial charge in [0, 0.05) is 18.0 Å². The van der Waals surface area contributed by atoms with Crippen molar-refractivity contribution in [3.05, 3.63) is 57.8 Å². The third kappa shape index (κ3) is 4.45. The van der Waals surface area contributed by atoms with Gasteiger partial charge in [0.25, 0.3) is 0 Å². The van der Waals surface area contributed by atoms with Gasteiger partial charge in [-0.2, -0.15) is 0 Å². The summed E-state index contributed by atoms with van der Waals surface area (Å²) in [6, 6.07) is 13.2. The average molecular weight is 281 g/mol. The molecule has 0 spiro atoms. The van der Waals surface area contributed by atoms with Gasteiger partial charge in [0.1, 0.15) is 0 Å². The van der Waals surface area contributed by atoms with Crippen molar-refractivity contribution in [2.24, 2.45) is 0 Å². The van der Waals surface area contributed by atoms with Crippen LogP contribution in [-0.2, 0) is 13.1 Å². The minimum absolute atomic E-state index is 0. The Labute approximate surface area is 120 Å². The van der Waals surface area contributed by atoms with Gasteiger partial charge < -0.3 is 17.7 Å². The van der Waals surface area contributed by atoms with E-state index in [1.807, 2.05) is 0 Å². The molecule has 0 atom stereocenters. The molecule has 18 heavy (non-hydrogen) atoms. The molecule has 0 aliphatic carbocycles. The Morgan fingerprint density at radius 2 is 1.78 bits per heavy atom. The van der Waals surface area contributed by atoms with Crippen molar-refractivity contribution in [3.8, 4) is 0 Å². The Hall–Kier alpha value is -0.830. The molecule has 0 fully saturated rings. The molecule has 1 heterocycles. The second-order valence-electron chi connectivity index (χ2n) is 4.58. The van der Waals surface area contributed by atoms with E-state index in [1.54, 1.807) is 11.3 Å². The number of nitrogens with one attached hydrogen (secondary N) is 1. The number of hydrogen-bond acceptors (Lipinski definition) is 2. The summed E-state index contributed by atoms with van der Waals surface area (Å²) in [5, 5.41) is 5.58. The SMILES string of the molecule is CC(C)c1ccc(CNCc2cccs2)cc1.[Cl-]. The van der Waals surface area contributed by atoms with E-state index in [0.29, 0.717) is 5.92 Å². The summed E-state index contributed by atoms with van der Waals surface area (Å²) in [5.74, 6) is 0.614. The van der Waals surface area contributed by atoms with Gasteiger partial charge in [-0.3, -0.25) is 0 Å². The summed E-state index contributed by atoms with van der Waals surface area (Å²) < 4.78 is 0. The molecular weight excluding hydrogens is 262 g/mol. The molecule has 1 aromatic carbocycles. The maximum absolute atomic E-state index is 3.46. The molecule has 0 unspecified atom stereocenters. The van der Waals surface area contributed by atoms with Gasteiger partial charge >= 0.3 is 0 Å². The fraction of sp³-hybridized carbons (Fsp3) is 0.333. The highest BCUT2D eigenvalue weighted by atomic mass is 35.5. The molecular formula is C15H19ClNS-. The van der Waals surface area contributed by atoms with Crippen LogP contribution in [0.2, 0.25) is 0 Å². The predicted molar refractivity (Wildman–Crippen MR) is 75.4 cm³/mol. The minimum atomic E-state index is 0. The standard InChI is InChI=1S/C15H19NS.ClH/c1-12(2)14-7-5-13(6-8-14)10-16-11-15-4-3-9-17-15;/h3-9,12,16H,10-11H2,1-2H3;1H/p-1. The number of halogens is 1. The number of rotatable bonds is 5. The molecule has 2 aromatic rings. The minimum Gasteiger partial charge on any atom is -1.00 e. The molecule has 1 aromatic heterocycles. The van der Waals surface area contributed by atoms with Crippen LogP contribution < -0.4 is 17.7 Å². The topological polar surface area (TPSA) is 12.0 Å². The molecule has 98 valence electrons. The zero-order chi connectivity index (χ0) is 12.1. The average Bonchev–Trinajstić information content (AvgIpc) is 2.83. The zero-order valence-electron chi connectivity index (χ0n) is 10.8. The smallest absolute Gasteiger partial charge is 0.0302 e. The summed E-state index contributed by atoms with van der Waals surface area (Å²) in [6.07, 6.45) is 0. The van der Waals surface area contributed by atoms with E-state index in [-0.39, 0.29) is 12.4 Å². The van der Waals surface area contributed by atoms with E-state index in [9.17, 15) is 0 Å². The van der Waals surface area contributed by atoms with Crippen LogP contribution in [0.3, 0.4) is 0 Å². The molecule has 0 aliphatic heterocycles. The Kier molecular flexibility index (Phi) is 6.41. The molecule has 0 radical (unpaired) electrons. The van der Waals surface area contributed by atoms with Crippen molar-refractivity contribution in [2.45, 2.75) is 32.9 Å². The van der Waals surface area contributed by atoms with Gasteiger partial charge in [-0.1, -0.05) is 44.2 Å². The van der Waals surface area contributed by atoms with Crippen LogP contribution in [0.1, 0.15) is 35.8 Å². The second kappa shape index (κ2) is 7.57. The van der Waals surface area contributed by atoms with Gasteiger partial charge in [-0.05, 0) is 28.5 Å². The third-order valence-corrected chi connectivity index (χ3v) is 3.73. The first-order valence-corrected chi connectivity index (χ1v) is 6.95. The van der Waals surface area contributed by atoms with Gasteiger partial charge in [0.05, 0.1) is 0 Å². The van der Waals surface area contributed by atoms with Crippen molar-refractivity contribution in [2.75, 3.05) is 0 Å². The fourth-order valence-electron chi connectivity index (χ4n) is 1.76. The molecule has 2 rings (SSSR count). The lowest BCUT2D eigenvalue weighted by Gasteiger charge is -2.07. The van der Waals surface area contributed by atoms with Gasteiger partial charge in [0.15, 0.2) is 0 Å². The van der Waals surface area contributed by atoms with Gasteiger partial charge in [0.2, 0.25) is 0 Å². The largest absolute Gasteiger partial charge is 1.00 e. The van der Waals surface area contributed by atoms with E-state index in [0.717, 1.165) is 13.1 Å². The normalized spacial score (nSPS) is 10.4. The van der Waals surface area contributed by atoms with Crippen LogP contribution >= 0.6 is 11.3 Å². The van der Waals surface area contributed by atoms with Crippen molar-refractivity contribution in [1.29, 1.82) is 0 Å². The first-order valence-electron chi connectivity index (χ1n) is 6.07. The van der Waals surface area contributed by atoms with Gasteiger partial charge in [-0.25, -0.2) is 0 Å². The van der Waals surface area contributed by atoms with Gasteiger partial charge in [-0.15, -0.1) is 11.3 Å². The van der Waals surface area contributed by atoms with E-state index in [4.69, 9.17) is 0 Å². The molecule has 1 N–H and O–H groups in total. The maximum atomic E-state index is 3.46. The lowest BCUT2D eigenvalue weighted by Crippen LogP contribution is -3.00. The highest BCUT2D eigenvalue weighted by Gasteiger charge is 1.99. The lowest BCUT2D eigenvalue weighted by atomic mass is 10.0. The summed E-state index contributed by atoms with van der Waals surface area (Å²) in [6.45, 7) is 6.36. The molecule has 1 nitrogen and oxygen atoms in total. The zero-order valence-corrected chi connectivity index (χ0v) is 12.4. The Morgan fingerprint density at radius 3 is 2.33 bits per heavy atom. The highest BCUT2D eigenvalue weighted by molar-refractivity contribution is 7.09.